The van der Waals surface area contributed by atoms with Crippen molar-refractivity contribution in [3.8, 4) is 17.2 Å². The number of benzene rings is 1. The molecule has 156 valence electrons. The van der Waals surface area contributed by atoms with Crippen LogP contribution in [0.2, 0.25) is 0 Å². The Bertz CT molecular complexity index is 658. The minimum atomic E-state index is -0.0931. The number of ether oxygens (including phenoxy) is 3. The maximum Gasteiger partial charge on any atom is 0.254 e. The predicted molar refractivity (Wildman–Crippen MR) is 107 cm³/mol. The molecule has 0 unspecified atom stereocenters. The Balaban J connectivity index is 2.05. The fourth-order valence-electron chi connectivity index (χ4n) is 3.53. The molecule has 28 heavy (non-hydrogen) atoms. The maximum atomic E-state index is 13.0. The van der Waals surface area contributed by atoms with Gasteiger partial charge in [-0.3, -0.25) is 9.59 Å². The van der Waals surface area contributed by atoms with E-state index in [1.165, 1.54) is 21.3 Å². The molecule has 1 saturated heterocycles. The van der Waals surface area contributed by atoms with Crippen molar-refractivity contribution in [2.75, 3.05) is 48.0 Å². The molecule has 0 N–H and O–H groups in total. The molecule has 1 aromatic carbocycles. The summed E-state index contributed by atoms with van der Waals surface area (Å²) < 4.78 is 16.0. The average Bonchev–Trinajstić information content (AvgIpc) is 2.75. The summed E-state index contributed by atoms with van der Waals surface area (Å²) in [7, 11) is 6.45. The van der Waals surface area contributed by atoms with E-state index in [4.69, 9.17) is 14.2 Å². The van der Waals surface area contributed by atoms with E-state index in [1.54, 1.807) is 17.0 Å². The lowest BCUT2D eigenvalue weighted by Crippen LogP contribution is -2.43. The SMILES string of the molecule is CCCCN(C)C(=O)C1CCN(C(=O)c2cc(OC)c(OC)c(OC)c2)CC1. The van der Waals surface area contributed by atoms with Gasteiger partial charge in [-0.1, -0.05) is 13.3 Å². The first kappa shape index (κ1) is 21.9. The normalized spacial score (nSPS) is 14.5. The average molecular weight is 392 g/mol. The van der Waals surface area contributed by atoms with Crippen LogP contribution < -0.4 is 14.2 Å². The van der Waals surface area contributed by atoms with Crippen molar-refractivity contribution >= 4 is 11.8 Å². The molecule has 7 heteroatoms. The second-order valence-corrected chi connectivity index (χ2v) is 7.09. The zero-order chi connectivity index (χ0) is 20.7. The molecular formula is C21H32N2O5. The number of rotatable bonds is 8. The number of piperidine rings is 1. The number of amides is 2. The Morgan fingerprint density at radius 3 is 2.11 bits per heavy atom. The Morgan fingerprint density at radius 2 is 1.64 bits per heavy atom. The molecule has 0 aromatic heterocycles. The first-order valence-electron chi connectivity index (χ1n) is 9.81. The van der Waals surface area contributed by atoms with Gasteiger partial charge >= 0.3 is 0 Å². The molecule has 0 radical (unpaired) electrons. The second kappa shape index (κ2) is 10.2. The molecule has 0 spiro atoms. The Morgan fingerprint density at radius 1 is 1.07 bits per heavy atom. The number of carbonyl (C=O) groups is 2. The fraction of sp³-hybridized carbons (Fsp3) is 0.619. The van der Waals surface area contributed by atoms with Crippen molar-refractivity contribution in [1.82, 2.24) is 9.80 Å². The van der Waals surface area contributed by atoms with Crippen LogP contribution in [-0.4, -0.2) is 69.6 Å². The van der Waals surface area contributed by atoms with Gasteiger partial charge in [0.05, 0.1) is 21.3 Å². The predicted octanol–water partition coefficient (Wildman–Crippen LogP) is 2.82. The van der Waals surface area contributed by atoms with Crippen LogP contribution in [0.3, 0.4) is 0 Å². The maximum absolute atomic E-state index is 13.0. The van der Waals surface area contributed by atoms with E-state index >= 15 is 0 Å². The van der Waals surface area contributed by atoms with Crippen molar-refractivity contribution in [3.05, 3.63) is 17.7 Å². The summed E-state index contributed by atoms with van der Waals surface area (Å²) in [5.74, 6) is 1.45. The van der Waals surface area contributed by atoms with Gasteiger partial charge in [0, 0.05) is 38.2 Å². The number of carbonyl (C=O) groups excluding carboxylic acids is 2. The van der Waals surface area contributed by atoms with Gasteiger partial charge < -0.3 is 24.0 Å². The van der Waals surface area contributed by atoms with Crippen LogP contribution in [-0.2, 0) is 4.79 Å². The fourth-order valence-corrected chi connectivity index (χ4v) is 3.53. The van der Waals surface area contributed by atoms with Gasteiger partial charge in [-0.2, -0.15) is 0 Å². The second-order valence-electron chi connectivity index (χ2n) is 7.09. The molecule has 1 aliphatic heterocycles. The van der Waals surface area contributed by atoms with E-state index in [-0.39, 0.29) is 17.7 Å². The van der Waals surface area contributed by atoms with E-state index in [1.807, 2.05) is 11.9 Å². The van der Waals surface area contributed by atoms with Crippen LogP contribution in [0.4, 0.5) is 0 Å². The van der Waals surface area contributed by atoms with Crippen LogP contribution >= 0.6 is 0 Å². The molecule has 2 rings (SSSR count). The van der Waals surface area contributed by atoms with Gasteiger partial charge in [0.25, 0.3) is 5.91 Å². The van der Waals surface area contributed by atoms with Crippen LogP contribution in [0.1, 0.15) is 43.0 Å². The number of hydrogen-bond donors (Lipinski definition) is 0. The highest BCUT2D eigenvalue weighted by atomic mass is 16.5. The van der Waals surface area contributed by atoms with Crippen molar-refractivity contribution in [2.24, 2.45) is 5.92 Å². The lowest BCUT2D eigenvalue weighted by Gasteiger charge is -2.33. The third-order valence-electron chi connectivity index (χ3n) is 5.27. The molecule has 0 aliphatic carbocycles. The summed E-state index contributed by atoms with van der Waals surface area (Å²) in [6.07, 6.45) is 3.46. The number of likely N-dealkylation sites (tertiary alicyclic amines) is 1. The van der Waals surface area contributed by atoms with Crippen LogP contribution in [0.25, 0.3) is 0 Å². The third kappa shape index (κ3) is 4.88. The van der Waals surface area contributed by atoms with E-state index in [0.29, 0.717) is 48.7 Å². The van der Waals surface area contributed by atoms with Crippen molar-refractivity contribution in [1.29, 1.82) is 0 Å². The summed E-state index contributed by atoms with van der Waals surface area (Å²) in [6, 6.07) is 3.33. The quantitative estimate of drug-likeness (QED) is 0.680. The number of unbranched alkanes of at least 4 members (excludes halogenated alkanes) is 1. The van der Waals surface area contributed by atoms with Gasteiger partial charge in [-0.25, -0.2) is 0 Å². The van der Waals surface area contributed by atoms with Gasteiger partial charge in [0.1, 0.15) is 0 Å². The zero-order valence-corrected chi connectivity index (χ0v) is 17.6. The lowest BCUT2D eigenvalue weighted by molar-refractivity contribution is -0.135. The van der Waals surface area contributed by atoms with Gasteiger partial charge in [-0.05, 0) is 31.4 Å². The summed E-state index contributed by atoms with van der Waals surface area (Å²) in [5, 5.41) is 0. The molecular weight excluding hydrogens is 360 g/mol. The Labute approximate surface area is 167 Å². The van der Waals surface area contributed by atoms with Crippen molar-refractivity contribution < 1.29 is 23.8 Å². The highest BCUT2D eigenvalue weighted by Gasteiger charge is 2.30. The zero-order valence-electron chi connectivity index (χ0n) is 17.6. The number of hydrogen-bond acceptors (Lipinski definition) is 5. The molecule has 7 nitrogen and oxygen atoms in total. The third-order valence-corrected chi connectivity index (χ3v) is 5.27. The van der Waals surface area contributed by atoms with Crippen LogP contribution in [0, 0.1) is 5.92 Å². The van der Waals surface area contributed by atoms with Gasteiger partial charge in [-0.15, -0.1) is 0 Å². The van der Waals surface area contributed by atoms with E-state index in [2.05, 4.69) is 6.92 Å². The van der Waals surface area contributed by atoms with Crippen molar-refractivity contribution in [2.45, 2.75) is 32.6 Å². The molecule has 0 bridgehead atoms. The largest absolute Gasteiger partial charge is 0.493 e. The summed E-state index contributed by atoms with van der Waals surface area (Å²) in [4.78, 5) is 29.1. The first-order chi connectivity index (χ1) is 13.5. The number of methoxy groups -OCH3 is 3. The molecule has 1 aromatic rings. The minimum Gasteiger partial charge on any atom is -0.493 e. The topological polar surface area (TPSA) is 68.3 Å². The smallest absolute Gasteiger partial charge is 0.254 e. The standard InChI is InChI=1S/C21H32N2O5/c1-6-7-10-22(2)20(24)15-8-11-23(12-9-15)21(25)16-13-17(26-3)19(28-5)18(14-16)27-4/h13-15H,6-12H2,1-5H3. The summed E-state index contributed by atoms with van der Waals surface area (Å²) in [6.45, 7) is 4.03. The Kier molecular flexibility index (Phi) is 7.96. The molecule has 1 fully saturated rings. The summed E-state index contributed by atoms with van der Waals surface area (Å²) >= 11 is 0. The minimum absolute atomic E-state index is 0.00848. The number of nitrogens with zero attached hydrogens (tertiary/aromatic N) is 2. The van der Waals surface area contributed by atoms with Crippen LogP contribution in [0.15, 0.2) is 12.1 Å². The highest BCUT2D eigenvalue weighted by Crippen LogP contribution is 2.38. The highest BCUT2D eigenvalue weighted by molar-refractivity contribution is 5.96. The Hall–Kier alpha value is -2.44. The monoisotopic (exact) mass is 392 g/mol. The summed E-state index contributed by atoms with van der Waals surface area (Å²) in [5.41, 5.74) is 0.486. The lowest BCUT2D eigenvalue weighted by atomic mass is 9.94. The van der Waals surface area contributed by atoms with E-state index in [9.17, 15) is 9.59 Å². The van der Waals surface area contributed by atoms with E-state index < -0.39 is 0 Å². The molecule has 1 aliphatic rings. The molecule has 0 saturated carbocycles. The molecule has 1 heterocycles. The van der Waals surface area contributed by atoms with Crippen molar-refractivity contribution in [3.63, 3.8) is 0 Å². The van der Waals surface area contributed by atoms with E-state index in [0.717, 1.165) is 19.4 Å². The first-order valence-corrected chi connectivity index (χ1v) is 9.81. The molecule has 0 atom stereocenters. The van der Waals surface area contributed by atoms with Gasteiger partial charge in [0.2, 0.25) is 11.7 Å². The molecule has 2 amide bonds. The van der Waals surface area contributed by atoms with Gasteiger partial charge in [0.15, 0.2) is 11.5 Å². The van der Waals surface area contributed by atoms with Crippen LogP contribution in [0.5, 0.6) is 17.2 Å².